The summed E-state index contributed by atoms with van der Waals surface area (Å²) in [6.45, 7) is 0. The van der Waals surface area contributed by atoms with Gasteiger partial charge in [0.05, 0.1) is 5.52 Å². The number of rotatable bonds is 2. The Labute approximate surface area is 111 Å². The molecule has 4 nitrogen and oxygen atoms in total. The number of fused-ring (bicyclic) bond motifs is 1. The van der Waals surface area contributed by atoms with E-state index in [1.54, 1.807) is 6.20 Å². The first-order chi connectivity index (χ1) is 9.26. The van der Waals surface area contributed by atoms with Gasteiger partial charge < -0.3 is 11.1 Å². The van der Waals surface area contributed by atoms with Gasteiger partial charge in [0, 0.05) is 24.3 Å². The van der Waals surface area contributed by atoms with E-state index in [0.717, 1.165) is 27.7 Å². The summed E-state index contributed by atoms with van der Waals surface area (Å²) in [7, 11) is 1.91. The highest BCUT2D eigenvalue weighted by atomic mass is 15.0. The van der Waals surface area contributed by atoms with E-state index in [-0.39, 0.29) is 0 Å². The monoisotopic (exact) mass is 250 g/mol. The Morgan fingerprint density at radius 1 is 1.05 bits per heavy atom. The van der Waals surface area contributed by atoms with E-state index in [2.05, 4.69) is 33.5 Å². The Morgan fingerprint density at radius 2 is 1.89 bits per heavy atom. The normalized spacial score (nSPS) is 10.6. The maximum Gasteiger partial charge on any atom is 0.220 e. The lowest BCUT2D eigenvalue weighted by molar-refractivity contribution is 1.24. The third kappa shape index (κ3) is 2.20. The molecule has 0 aliphatic heterocycles. The quantitative estimate of drug-likeness (QED) is 0.734. The van der Waals surface area contributed by atoms with Crippen LogP contribution in [0.15, 0.2) is 48.7 Å². The summed E-state index contributed by atoms with van der Waals surface area (Å²) in [4.78, 5) is 8.23. The number of benzene rings is 2. The van der Waals surface area contributed by atoms with Crippen LogP contribution in [0.3, 0.4) is 0 Å². The summed E-state index contributed by atoms with van der Waals surface area (Å²) in [5.74, 6) is 0.303. The Balaban J connectivity index is 2.12. The van der Waals surface area contributed by atoms with Gasteiger partial charge in [-0.1, -0.05) is 18.2 Å². The molecule has 3 rings (SSSR count). The highest BCUT2D eigenvalue weighted by Gasteiger charge is 2.02. The third-order valence-electron chi connectivity index (χ3n) is 3.08. The number of nitrogen functional groups attached to an aromatic ring is 1. The first-order valence-electron chi connectivity index (χ1n) is 6.07. The van der Waals surface area contributed by atoms with Gasteiger partial charge in [-0.25, -0.2) is 9.97 Å². The molecule has 0 radical (unpaired) electrons. The highest BCUT2D eigenvalue weighted by molar-refractivity contribution is 5.84. The maximum absolute atomic E-state index is 5.58. The summed E-state index contributed by atoms with van der Waals surface area (Å²) in [6.07, 6.45) is 1.75. The van der Waals surface area contributed by atoms with Crippen LogP contribution >= 0.6 is 0 Å². The van der Waals surface area contributed by atoms with E-state index < -0.39 is 0 Å². The summed E-state index contributed by atoms with van der Waals surface area (Å²) >= 11 is 0. The fourth-order valence-electron chi connectivity index (χ4n) is 2.08. The second-order valence-electron chi connectivity index (χ2n) is 4.33. The van der Waals surface area contributed by atoms with E-state index >= 15 is 0 Å². The summed E-state index contributed by atoms with van der Waals surface area (Å²) in [6, 6.07) is 14.3. The SMILES string of the molecule is CNc1cccc(-c2ccc3nc(N)ncc3c2)c1. The van der Waals surface area contributed by atoms with Crippen LogP contribution in [-0.2, 0) is 0 Å². The lowest BCUT2D eigenvalue weighted by Gasteiger charge is -2.06. The average molecular weight is 250 g/mol. The lowest BCUT2D eigenvalue weighted by Crippen LogP contribution is -1.94. The van der Waals surface area contributed by atoms with Crippen molar-refractivity contribution in [2.75, 3.05) is 18.1 Å². The number of hydrogen-bond acceptors (Lipinski definition) is 4. The number of hydrogen-bond donors (Lipinski definition) is 2. The molecule has 1 aromatic heterocycles. The Hall–Kier alpha value is -2.62. The highest BCUT2D eigenvalue weighted by Crippen LogP contribution is 2.25. The van der Waals surface area contributed by atoms with Crippen LogP contribution in [0, 0.1) is 0 Å². The standard InChI is InChI=1S/C15H14N4/c1-17-13-4-2-3-10(8-13)11-5-6-14-12(7-11)9-18-15(16)19-14/h2-9,17H,1H3,(H2,16,18,19). The van der Waals surface area contributed by atoms with Crippen LogP contribution in [0.2, 0.25) is 0 Å². The first kappa shape index (κ1) is 11.5. The van der Waals surface area contributed by atoms with E-state index in [4.69, 9.17) is 5.73 Å². The van der Waals surface area contributed by atoms with Gasteiger partial charge in [0.15, 0.2) is 0 Å². The molecule has 0 unspecified atom stereocenters. The second-order valence-corrected chi connectivity index (χ2v) is 4.33. The van der Waals surface area contributed by atoms with Gasteiger partial charge in [0.1, 0.15) is 0 Å². The van der Waals surface area contributed by atoms with Crippen molar-refractivity contribution >= 4 is 22.5 Å². The molecule has 94 valence electrons. The van der Waals surface area contributed by atoms with Crippen LogP contribution in [-0.4, -0.2) is 17.0 Å². The Bertz CT molecular complexity index is 737. The molecule has 0 bridgehead atoms. The van der Waals surface area contributed by atoms with E-state index in [1.807, 2.05) is 31.3 Å². The molecule has 0 saturated carbocycles. The van der Waals surface area contributed by atoms with Gasteiger partial charge in [0.25, 0.3) is 0 Å². The minimum Gasteiger partial charge on any atom is -0.388 e. The van der Waals surface area contributed by atoms with Crippen LogP contribution in [0.25, 0.3) is 22.0 Å². The molecular weight excluding hydrogens is 236 g/mol. The Morgan fingerprint density at radius 3 is 2.74 bits per heavy atom. The molecule has 0 saturated heterocycles. The van der Waals surface area contributed by atoms with Gasteiger partial charge in [-0.2, -0.15) is 0 Å². The van der Waals surface area contributed by atoms with Crippen molar-refractivity contribution in [1.29, 1.82) is 0 Å². The van der Waals surface area contributed by atoms with Crippen molar-refractivity contribution in [3.8, 4) is 11.1 Å². The van der Waals surface area contributed by atoms with Crippen molar-refractivity contribution < 1.29 is 0 Å². The molecule has 1 heterocycles. The molecule has 0 aliphatic carbocycles. The van der Waals surface area contributed by atoms with Gasteiger partial charge >= 0.3 is 0 Å². The average Bonchev–Trinajstić information content (AvgIpc) is 2.46. The zero-order valence-corrected chi connectivity index (χ0v) is 10.6. The smallest absolute Gasteiger partial charge is 0.220 e. The summed E-state index contributed by atoms with van der Waals surface area (Å²) in [5.41, 5.74) is 9.83. The molecule has 0 amide bonds. The minimum atomic E-state index is 0.303. The van der Waals surface area contributed by atoms with Crippen molar-refractivity contribution in [2.45, 2.75) is 0 Å². The van der Waals surface area contributed by atoms with E-state index in [9.17, 15) is 0 Å². The number of nitrogens with two attached hydrogens (primary N) is 1. The maximum atomic E-state index is 5.58. The predicted molar refractivity (Wildman–Crippen MR) is 78.9 cm³/mol. The molecule has 3 aromatic rings. The molecule has 0 fully saturated rings. The van der Waals surface area contributed by atoms with Crippen molar-refractivity contribution in [3.63, 3.8) is 0 Å². The number of anilines is 2. The molecule has 4 heteroatoms. The lowest BCUT2D eigenvalue weighted by atomic mass is 10.0. The zero-order valence-electron chi connectivity index (χ0n) is 10.6. The van der Waals surface area contributed by atoms with Gasteiger partial charge in [0.2, 0.25) is 5.95 Å². The van der Waals surface area contributed by atoms with E-state index in [0.29, 0.717) is 5.95 Å². The van der Waals surface area contributed by atoms with Gasteiger partial charge in [-0.15, -0.1) is 0 Å². The Kier molecular flexibility index (Phi) is 2.76. The molecule has 3 N–H and O–H groups in total. The van der Waals surface area contributed by atoms with Crippen LogP contribution < -0.4 is 11.1 Å². The van der Waals surface area contributed by atoms with Gasteiger partial charge in [-0.3, -0.25) is 0 Å². The molecule has 19 heavy (non-hydrogen) atoms. The first-order valence-corrected chi connectivity index (χ1v) is 6.07. The van der Waals surface area contributed by atoms with E-state index in [1.165, 1.54) is 0 Å². The largest absolute Gasteiger partial charge is 0.388 e. The second kappa shape index (κ2) is 4.57. The van der Waals surface area contributed by atoms with Crippen molar-refractivity contribution in [3.05, 3.63) is 48.7 Å². The fourth-order valence-corrected chi connectivity index (χ4v) is 2.08. The number of aromatic nitrogens is 2. The van der Waals surface area contributed by atoms with Crippen LogP contribution in [0.1, 0.15) is 0 Å². The van der Waals surface area contributed by atoms with Crippen LogP contribution in [0.5, 0.6) is 0 Å². The number of nitrogens with zero attached hydrogens (tertiary/aromatic N) is 2. The van der Waals surface area contributed by atoms with Crippen LogP contribution in [0.4, 0.5) is 11.6 Å². The molecule has 0 atom stereocenters. The third-order valence-corrected chi connectivity index (χ3v) is 3.08. The molecule has 0 spiro atoms. The van der Waals surface area contributed by atoms with Crippen molar-refractivity contribution in [1.82, 2.24) is 9.97 Å². The fraction of sp³-hybridized carbons (Fsp3) is 0.0667. The number of nitrogens with one attached hydrogen (secondary N) is 1. The topological polar surface area (TPSA) is 63.8 Å². The zero-order chi connectivity index (χ0) is 13.2. The molecule has 2 aromatic carbocycles. The minimum absolute atomic E-state index is 0.303. The van der Waals surface area contributed by atoms with Gasteiger partial charge in [-0.05, 0) is 35.4 Å². The summed E-state index contributed by atoms with van der Waals surface area (Å²) < 4.78 is 0. The summed E-state index contributed by atoms with van der Waals surface area (Å²) in [5, 5.41) is 4.13. The molecular formula is C15H14N4. The predicted octanol–water partition coefficient (Wildman–Crippen LogP) is 2.92. The molecule has 0 aliphatic rings. The van der Waals surface area contributed by atoms with Crippen molar-refractivity contribution in [2.24, 2.45) is 0 Å².